The first kappa shape index (κ1) is 6.62. The number of nitrogens with one attached hydrogen (secondary N) is 1. The molecule has 2 aliphatic rings. The molecule has 0 aromatic carbocycles. The molecular formula is C8H15NO. The lowest BCUT2D eigenvalue weighted by Crippen LogP contribution is -2.22. The van der Waals surface area contributed by atoms with Crippen molar-refractivity contribution >= 4 is 0 Å². The molecule has 1 saturated carbocycles. The van der Waals surface area contributed by atoms with Gasteiger partial charge in [0, 0.05) is 6.54 Å². The highest BCUT2D eigenvalue weighted by Gasteiger charge is 2.48. The Kier molecular flexibility index (Phi) is 1.46. The Hall–Kier alpha value is -0.0800. The molecule has 10 heavy (non-hydrogen) atoms. The molecule has 1 unspecified atom stereocenters. The third-order valence-electron chi connectivity index (χ3n) is 2.67. The number of hydrogen-bond acceptors (Lipinski definition) is 2. The van der Waals surface area contributed by atoms with Crippen LogP contribution in [0.25, 0.3) is 0 Å². The minimum absolute atomic E-state index is 0.507. The Morgan fingerprint density at radius 2 is 2.40 bits per heavy atom. The fourth-order valence-electron chi connectivity index (χ4n) is 1.78. The highest BCUT2D eigenvalue weighted by molar-refractivity contribution is 4.99. The van der Waals surface area contributed by atoms with Gasteiger partial charge in [-0.2, -0.15) is 0 Å². The summed E-state index contributed by atoms with van der Waals surface area (Å²) in [5.41, 5.74) is 0.654. The van der Waals surface area contributed by atoms with E-state index in [2.05, 4.69) is 5.32 Å². The van der Waals surface area contributed by atoms with Gasteiger partial charge in [0.2, 0.25) is 0 Å². The molecule has 1 atom stereocenters. The third kappa shape index (κ3) is 1.06. The van der Waals surface area contributed by atoms with Crippen LogP contribution in [0.4, 0.5) is 0 Å². The van der Waals surface area contributed by atoms with E-state index in [0.29, 0.717) is 11.5 Å². The van der Waals surface area contributed by atoms with E-state index < -0.39 is 0 Å². The van der Waals surface area contributed by atoms with Crippen LogP contribution in [0.3, 0.4) is 0 Å². The first-order valence-electron chi connectivity index (χ1n) is 4.11. The second-order valence-electron chi connectivity index (χ2n) is 3.69. The molecule has 0 aromatic rings. The summed E-state index contributed by atoms with van der Waals surface area (Å²) in [6.07, 6.45) is 4.63. The molecule has 2 rings (SSSR count). The van der Waals surface area contributed by atoms with Crippen LogP contribution in [0.15, 0.2) is 0 Å². The molecule has 58 valence electrons. The van der Waals surface area contributed by atoms with Crippen LogP contribution in [0.1, 0.15) is 19.3 Å². The predicted molar refractivity (Wildman–Crippen MR) is 40.0 cm³/mol. The van der Waals surface area contributed by atoms with Crippen LogP contribution in [0.2, 0.25) is 0 Å². The molecule has 2 fully saturated rings. The first-order valence-corrected chi connectivity index (χ1v) is 4.11. The van der Waals surface area contributed by atoms with E-state index in [0.717, 1.165) is 13.2 Å². The zero-order chi connectivity index (χ0) is 7.03. The van der Waals surface area contributed by atoms with Gasteiger partial charge in [0.15, 0.2) is 0 Å². The van der Waals surface area contributed by atoms with Gasteiger partial charge in [0.05, 0.1) is 12.7 Å². The van der Waals surface area contributed by atoms with Gasteiger partial charge in [0.1, 0.15) is 0 Å². The van der Waals surface area contributed by atoms with E-state index in [1.54, 1.807) is 0 Å². The van der Waals surface area contributed by atoms with Gasteiger partial charge in [0.25, 0.3) is 0 Å². The van der Waals surface area contributed by atoms with Crippen molar-refractivity contribution in [3.05, 3.63) is 0 Å². The van der Waals surface area contributed by atoms with Crippen molar-refractivity contribution in [2.75, 3.05) is 20.2 Å². The summed E-state index contributed by atoms with van der Waals surface area (Å²) in [5.74, 6) is 0. The van der Waals surface area contributed by atoms with Crippen molar-refractivity contribution in [1.82, 2.24) is 5.32 Å². The zero-order valence-corrected chi connectivity index (χ0v) is 6.52. The van der Waals surface area contributed by atoms with Crippen LogP contribution in [-0.2, 0) is 4.74 Å². The molecule has 2 heteroatoms. The van der Waals surface area contributed by atoms with E-state index >= 15 is 0 Å². The maximum absolute atomic E-state index is 5.61. The van der Waals surface area contributed by atoms with Crippen molar-refractivity contribution < 1.29 is 4.74 Å². The molecule has 1 heterocycles. The Morgan fingerprint density at radius 3 is 2.90 bits per heavy atom. The number of hydrogen-bond donors (Lipinski definition) is 1. The Balaban J connectivity index is 1.82. The highest BCUT2D eigenvalue weighted by atomic mass is 16.5. The summed E-state index contributed by atoms with van der Waals surface area (Å²) < 4.78 is 5.61. The minimum Gasteiger partial charge on any atom is -0.376 e. The maximum atomic E-state index is 5.61. The van der Waals surface area contributed by atoms with Crippen LogP contribution in [-0.4, -0.2) is 26.3 Å². The van der Waals surface area contributed by atoms with E-state index in [9.17, 15) is 0 Å². The van der Waals surface area contributed by atoms with Crippen LogP contribution < -0.4 is 5.32 Å². The van der Waals surface area contributed by atoms with Crippen molar-refractivity contribution in [2.45, 2.75) is 25.4 Å². The minimum atomic E-state index is 0.507. The largest absolute Gasteiger partial charge is 0.376 e. The average Bonchev–Trinajstić information content (AvgIpc) is 2.52. The summed E-state index contributed by atoms with van der Waals surface area (Å²) in [5, 5.41) is 3.15. The van der Waals surface area contributed by atoms with Gasteiger partial charge in [-0.05, 0) is 31.7 Å². The van der Waals surface area contributed by atoms with Crippen LogP contribution >= 0.6 is 0 Å². The Morgan fingerprint density at radius 1 is 1.60 bits per heavy atom. The highest BCUT2D eigenvalue weighted by Crippen LogP contribution is 2.53. The standard InChI is InChI=1S/C8H15NO/c1-9-5-7-4-8(2-3-8)6-10-7/h7,9H,2-6H2,1H3. The predicted octanol–water partition coefficient (Wildman–Crippen LogP) is 0.775. The Labute approximate surface area is 61.9 Å². The molecule has 1 aliphatic carbocycles. The van der Waals surface area contributed by atoms with Crippen molar-refractivity contribution in [2.24, 2.45) is 5.41 Å². The molecule has 1 spiro atoms. The topological polar surface area (TPSA) is 21.3 Å². The van der Waals surface area contributed by atoms with Gasteiger partial charge in [-0.15, -0.1) is 0 Å². The monoisotopic (exact) mass is 141 g/mol. The number of likely N-dealkylation sites (N-methyl/N-ethyl adjacent to an activating group) is 1. The maximum Gasteiger partial charge on any atom is 0.0705 e. The van der Waals surface area contributed by atoms with Gasteiger partial charge in [-0.1, -0.05) is 0 Å². The van der Waals surface area contributed by atoms with Gasteiger partial charge in [-0.25, -0.2) is 0 Å². The van der Waals surface area contributed by atoms with Crippen molar-refractivity contribution in [3.63, 3.8) is 0 Å². The first-order chi connectivity index (χ1) is 4.85. The lowest BCUT2D eigenvalue weighted by Gasteiger charge is -2.06. The molecule has 2 nitrogen and oxygen atoms in total. The number of ether oxygens (including phenoxy) is 1. The molecule has 1 saturated heterocycles. The van der Waals surface area contributed by atoms with Gasteiger partial charge in [-0.3, -0.25) is 0 Å². The normalized spacial score (nSPS) is 35.1. The molecule has 0 bridgehead atoms. The molecule has 0 radical (unpaired) electrons. The van der Waals surface area contributed by atoms with E-state index in [-0.39, 0.29) is 0 Å². The van der Waals surface area contributed by atoms with Gasteiger partial charge < -0.3 is 10.1 Å². The SMILES string of the molecule is CNCC1CC2(CC2)CO1. The fourth-order valence-corrected chi connectivity index (χ4v) is 1.78. The summed E-state index contributed by atoms with van der Waals surface area (Å²) in [6, 6.07) is 0. The molecule has 1 N–H and O–H groups in total. The van der Waals surface area contributed by atoms with Crippen molar-refractivity contribution in [1.29, 1.82) is 0 Å². The Bertz CT molecular complexity index is 131. The second-order valence-corrected chi connectivity index (χ2v) is 3.69. The number of rotatable bonds is 2. The van der Waals surface area contributed by atoms with E-state index in [1.165, 1.54) is 19.3 Å². The van der Waals surface area contributed by atoms with Crippen LogP contribution in [0, 0.1) is 5.41 Å². The molecule has 1 aliphatic heterocycles. The zero-order valence-electron chi connectivity index (χ0n) is 6.52. The third-order valence-corrected chi connectivity index (χ3v) is 2.67. The second kappa shape index (κ2) is 2.21. The fraction of sp³-hybridized carbons (Fsp3) is 1.00. The average molecular weight is 141 g/mol. The smallest absolute Gasteiger partial charge is 0.0705 e. The lowest BCUT2D eigenvalue weighted by molar-refractivity contribution is 0.106. The van der Waals surface area contributed by atoms with E-state index in [1.807, 2.05) is 7.05 Å². The summed E-state index contributed by atoms with van der Waals surface area (Å²) in [6.45, 7) is 2.06. The van der Waals surface area contributed by atoms with Gasteiger partial charge >= 0.3 is 0 Å². The van der Waals surface area contributed by atoms with Crippen LogP contribution in [0.5, 0.6) is 0 Å². The quantitative estimate of drug-likeness (QED) is 0.613. The molecular weight excluding hydrogens is 126 g/mol. The van der Waals surface area contributed by atoms with Crippen molar-refractivity contribution in [3.8, 4) is 0 Å². The van der Waals surface area contributed by atoms with E-state index in [4.69, 9.17) is 4.74 Å². The molecule has 0 amide bonds. The molecule has 0 aromatic heterocycles. The lowest BCUT2D eigenvalue weighted by atomic mass is 10.0. The summed E-state index contributed by atoms with van der Waals surface area (Å²) in [7, 11) is 1.99. The summed E-state index contributed by atoms with van der Waals surface area (Å²) in [4.78, 5) is 0. The summed E-state index contributed by atoms with van der Waals surface area (Å²) >= 11 is 0.